The van der Waals surface area contributed by atoms with Crippen LogP contribution < -0.4 is 11.1 Å². The van der Waals surface area contributed by atoms with Gasteiger partial charge in [0.15, 0.2) is 5.82 Å². The number of hydrogen-bond acceptors (Lipinski definition) is 3. The molecule has 4 nitrogen and oxygen atoms in total. The number of hydrogen-bond donors (Lipinski definition) is 2. The zero-order valence-electron chi connectivity index (χ0n) is 10.3. The Bertz CT molecular complexity index is 586. The third-order valence-electron chi connectivity index (χ3n) is 2.70. The van der Waals surface area contributed by atoms with E-state index in [2.05, 4.69) is 10.3 Å². The first-order valence-corrected chi connectivity index (χ1v) is 5.91. The highest BCUT2D eigenvalue weighted by Gasteiger charge is 2.12. The maximum Gasteiger partial charge on any atom is 0.256 e. The topological polar surface area (TPSA) is 68.0 Å². The van der Waals surface area contributed by atoms with Crippen LogP contribution in [0, 0.1) is 5.82 Å². The predicted octanol–water partition coefficient (Wildman–Crippen LogP) is 1.97. The maximum atomic E-state index is 13.4. The molecular weight excluding hydrogens is 245 g/mol. The molecule has 0 saturated heterocycles. The van der Waals surface area contributed by atoms with Crippen molar-refractivity contribution in [3.8, 4) is 0 Å². The predicted molar refractivity (Wildman–Crippen MR) is 71.3 cm³/mol. The van der Waals surface area contributed by atoms with Gasteiger partial charge in [0.1, 0.15) is 0 Å². The first kappa shape index (κ1) is 13.2. The lowest BCUT2D eigenvalue weighted by Gasteiger charge is -2.09. The van der Waals surface area contributed by atoms with Crippen molar-refractivity contribution < 1.29 is 9.18 Å². The average Bonchev–Trinajstić information content (AvgIpc) is 2.42. The summed E-state index contributed by atoms with van der Waals surface area (Å²) in [6.07, 6.45) is 3.08. The lowest BCUT2D eigenvalue weighted by atomic mass is 10.0. The van der Waals surface area contributed by atoms with E-state index in [1.807, 2.05) is 12.1 Å². The van der Waals surface area contributed by atoms with Crippen molar-refractivity contribution in [2.24, 2.45) is 5.73 Å². The number of pyridine rings is 1. The van der Waals surface area contributed by atoms with Gasteiger partial charge in [-0.2, -0.15) is 0 Å². The minimum absolute atomic E-state index is 0.113. The van der Waals surface area contributed by atoms with Crippen LogP contribution in [-0.2, 0) is 6.42 Å². The molecule has 0 unspecified atom stereocenters. The number of rotatable bonds is 4. The molecule has 0 aliphatic carbocycles. The highest BCUT2D eigenvalue weighted by Crippen LogP contribution is 2.15. The van der Waals surface area contributed by atoms with E-state index in [9.17, 15) is 9.18 Å². The van der Waals surface area contributed by atoms with Crippen LogP contribution in [0.15, 0.2) is 42.7 Å². The van der Waals surface area contributed by atoms with Crippen molar-refractivity contribution in [1.29, 1.82) is 0 Å². The number of nitrogens with zero attached hydrogens (tertiary/aromatic N) is 1. The van der Waals surface area contributed by atoms with E-state index in [1.165, 1.54) is 12.3 Å². The Morgan fingerprint density at radius 2 is 2.11 bits per heavy atom. The largest absolute Gasteiger partial charge is 0.330 e. The molecule has 1 aromatic carbocycles. The second-order valence-electron chi connectivity index (χ2n) is 4.01. The molecule has 98 valence electrons. The average molecular weight is 259 g/mol. The van der Waals surface area contributed by atoms with Gasteiger partial charge >= 0.3 is 0 Å². The molecule has 0 aliphatic heterocycles. The van der Waals surface area contributed by atoms with Crippen LogP contribution in [-0.4, -0.2) is 17.4 Å². The molecule has 0 spiro atoms. The van der Waals surface area contributed by atoms with Gasteiger partial charge in [-0.1, -0.05) is 18.2 Å². The van der Waals surface area contributed by atoms with Gasteiger partial charge in [0, 0.05) is 11.8 Å². The van der Waals surface area contributed by atoms with E-state index in [0.29, 0.717) is 18.5 Å². The molecule has 2 aromatic rings. The number of carbonyl (C=O) groups excluding carboxylic acids is 1. The van der Waals surface area contributed by atoms with E-state index >= 15 is 0 Å². The third kappa shape index (κ3) is 3.14. The summed E-state index contributed by atoms with van der Waals surface area (Å²) in [5.74, 6) is -0.915. The van der Waals surface area contributed by atoms with Crippen LogP contribution >= 0.6 is 0 Å². The number of nitrogens with two attached hydrogens (primary N) is 1. The summed E-state index contributed by atoms with van der Waals surface area (Å²) in [4.78, 5) is 15.8. The van der Waals surface area contributed by atoms with E-state index in [4.69, 9.17) is 5.73 Å². The summed E-state index contributed by atoms with van der Waals surface area (Å²) in [5, 5.41) is 2.53. The smallest absolute Gasteiger partial charge is 0.256 e. The van der Waals surface area contributed by atoms with Crippen LogP contribution in [0.4, 0.5) is 10.1 Å². The minimum atomic E-state index is -0.563. The summed E-state index contributed by atoms with van der Waals surface area (Å²) in [5.41, 5.74) is 6.97. The molecule has 0 radical (unpaired) electrons. The molecule has 1 aromatic heterocycles. The Kier molecular flexibility index (Phi) is 4.20. The first-order chi connectivity index (χ1) is 9.22. The first-order valence-electron chi connectivity index (χ1n) is 5.91. The second kappa shape index (κ2) is 6.06. The number of aromatic nitrogens is 1. The summed E-state index contributed by atoms with van der Waals surface area (Å²) < 4.78 is 13.4. The molecule has 1 amide bonds. The fraction of sp³-hybridized carbons (Fsp3) is 0.143. The number of carbonyl (C=O) groups is 1. The number of amides is 1. The highest BCUT2D eigenvalue weighted by atomic mass is 19.1. The van der Waals surface area contributed by atoms with Gasteiger partial charge in [-0.3, -0.25) is 9.78 Å². The highest BCUT2D eigenvalue weighted by molar-refractivity contribution is 6.05. The zero-order valence-corrected chi connectivity index (χ0v) is 10.3. The standard InChI is InChI=1S/C14H14FN3O/c15-12-9-17-8-6-13(12)18-14(19)11-4-2-1-3-10(11)5-7-16/h1-4,6,8-9H,5,7,16H2,(H,17,18,19). The lowest BCUT2D eigenvalue weighted by Crippen LogP contribution is -2.16. The summed E-state index contributed by atoms with van der Waals surface area (Å²) in [6, 6.07) is 8.55. The van der Waals surface area contributed by atoms with Gasteiger partial charge in [-0.15, -0.1) is 0 Å². The summed E-state index contributed by atoms with van der Waals surface area (Å²) in [6.45, 7) is 0.452. The normalized spacial score (nSPS) is 10.2. The van der Waals surface area contributed by atoms with Crippen LogP contribution in [0.25, 0.3) is 0 Å². The monoisotopic (exact) mass is 259 g/mol. The number of nitrogens with one attached hydrogen (secondary N) is 1. The fourth-order valence-corrected chi connectivity index (χ4v) is 1.78. The van der Waals surface area contributed by atoms with Gasteiger partial charge in [-0.25, -0.2) is 4.39 Å². The second-order valence-corrected chi connectivity index (χ2v) is 4.01. The van der Waals surface area contributed by atoms with Gasteiger partial charge in [-0.05, 0) is 30.7 Å². The maximum absolute atomic E-state index is 13.4. The quantitative estimate of drug-likeness (QED) is 0.882. The Morgan fingerprint density at radius 3 is 2.84 bits per heavy atom. The van der Waals surface area contributed by atoms with Gasteiger partial charge in [0.2, 0.25) is 0 Å². The van der Waals surface area contributed by atoms with Crippen LogP contribution in [0.1, 0.15) is 15.9 Å². The van der Waals surface area contributed by atoms with E-state index < -0.39 is 5.82 Å². The lowest BCUT2D eigenvalue weighted by molar-refractivity contribution is 0.102. The molecule has 19 heavy (non-hydrogen) atoms. The van der Waals surface area contributed by atoms with E-state index in [1.54, 1.807) is 12.1 Å². The number of benzene rings is 1. The summed E-state index contributed by atoms with van der Waals surface area (Å²) >= 11 is 0. The van der Waals surface area contributed by atoms with Gasteiger partial charge in [0.25, 0.3) is 5.91 Å². The molecule has 2 rings (SSSR count). The third-order valence-corrected chi connectivity index (χ3v) is 2.70. The Morgan fingerprint density at radius 1 is 1.32 bits per heavy atom. The molecular formula is C14H14FN3O. The Labute approximate surface area is 110 Å². The van der Waals surface area contributed by atoms with Gasteiger partial charge < -0.3 is 11.1 Å². The molecule has 0 saturated carbocycles. The van der Waals surface area contributed by atoms with Crippen molar-refractivity contribution in [2.75, 3.05) is 11.9 Å². The van der Waals surface area contributed by atoms with Crippen molar-refractivity contribution in [2.45, 2.75) is 6.42 Å². The molecule has 5 heteroatoms. The molecule has 0 bridgehead atoms. The van der Waals surface area contributed by atoms with Crippen molar-refractivity contribution in [1.82, 2.24) is 4.98 Å². The molecule has 0 fully saturated rings. The SMILES string of the molecule is NCCc1ccccc1C(=O)Nc1ccncc1F. The number of halogens is 1. The fourth-order valence-electron chi connectivity index (χ4n) is 1.78. The molecule has 0 aliphatic rings. The molecule has 3 N–H and O–H groups in total. The number of anilines is 1. The van der Waals surface area contributed by atoms with Crippen LogP contribution in [0.2, 0.25) is 0 Å². The van der Waals surface area contributed by atoms with Crippen LogP contribution in [0.3, 0.4) is 0 Å². The van der Waals surface area contributed by atoms with Crippen molar-refractivity contribution >= 4 is 11.6 Å². The minimum Gasteiger partial charge on any atom is -0.330 e. The Hall–Kier alpha value is -2.27. The summed E-state index contributed by atoms with van der Waals surface area (Å²) in [7, 11) is 0. The van der Waals surface area contributed by atoms with E-state index in [0.717, 1.165) is 11.8 Å². The van der Waals surface area contributed by atoms with Crippen molar-refractivity contribution in [3.05, 3.63) is 59.7 Å². The molecule has 1 heterocycles. The van der Waals surface area contributed by atoms with Gasteiger partial charge in [0.05, 0.1) is 11.9 Å². The molecule has 0 atom stereocenters. The Balaban J connectivity index is 2.23. The van der Waals surface area contributed by atoms with E-state index in [-0.39, 0.29) is 11.6 Å². The zero-order chi connectivity index (χ0) is 13.7. The van der Waals surface area contributed by atoms with Crippen LogP contribution in [0.5, 0.6) is 0 Å². The van der Waals surface area contributed by atoms with Crippen molar-refractivity contribution in [3.63, 3.8) is 0 Å².